The predicted molar refractivity (Wildman–Crippen MR) is 99.7 cm³/mol. The zero-order valence-corrected chi connectivity index (χ0v) is 13.4. The van der Waals surface area contributed by atoms with Crippen molar-refractivity contribution in [2.24, 2.45) is 0 Å². The minimum absolute atomic E-state index is 0.387. The largest absolute Gasteiger partial charge is 0.288 e. The summed E-state index contributed by atoms with van der Waals surface area (Å²) in [5.41, 5.74) is 0.985. The van der Waals surface area contributed by atoms with Crippen molar-refractivity contribution >= 4 is 33.4 Å². The third kappa shape index (κ3) is 2.76. The van der Waals surface area contributed by atoms with E-state index in [0.29, 0.717) is 11.1 Å². The minimum Gasteiger partial charge on any atom is -0.288 e. The van der Waals surface area contributed by atoms with Crippen molar-refractivity contribution in [1.82, 2.24) is 5.32 Å². The fourth-order valence-electron chi connectivity index (χ4n) is 3.09. The summed E-state index contributed by atoms with van der Waals surface area (Å²) in [5, 5.41) is 6.13. The molecule has 0 unspecified atom stereocenters. The number of hydrogen-bond acceptors (Lipinski definition) is 2. The highest BCUT2D eigenvalue weighted by Crippen LogP contribution is 2.28. The van der Waals surface area contributed by atoms with Gasteiger partial charge in [-0.05, 0) is 39.7 Å². The van der Waals surface area contributed by atoms with Crippen LogP contribution >= 0.6 is 0 Å². The number of fused-ring (bicyclic) bond motifs is 2. The SMILES string of the molecule is O=C(NC(=O)c1c2ccccc2cc2ccccc12)c1ccccc1. The normalized spacial score (nSPS) is 10.7. The molecule has 1 N–H and O–H groups in total. The van der Waals surface area contributed by atoms with Gasteiger partial charge in [0, 0.05) is 5.56 Å². The van der Waals surface area contributed by atoms with Gasteiger partial charge in [-0.25, -0.2) is 0 Å². The molecule has 25 heavy (non-hydrogen) atoms. The number of carbonyl (C=O) groups excluding carboxylic acids is 2. The van der Waals surface area contributed by atoms with Gasteiger partial charge in [0.2, 0.25) is 0 Å². The first-order chi connectivity index (χ1) is 12.2. The van der Waals surface area contributed by atoms with E-state index in [9.17, 15) is 9.59 Å². The van der Waals surface area contributed by atoms with E-state index in [1.165, 1.54) is 0 Å². The van der Waals surface area contributed by atoms with Crippen LogP contribution in [0.5, 0.6) is 0 Å². The quantitative estimate of drug-likeness (QED) is 0.434. The van der Waals surface area contributed by atoms with Crippen LogP contribution in [0.1, 0.15) is 20.7 Å². The van der Waals surface area contributed by atoms with E-state index in [-0.39, 0.29) is 5.91 Å². The molecule has 4 rings (SSSR count). The molecule has 3 nitrogen and oxygen atoms in total. The summed E-state index contributed by atoms with van der Waals surface area (Å²) in [6, 6.07) is 26.2. The second kappa shape index (κ2) is 6.21. The van der Waals surface area contributed by atoms with Gasteiger partial charge in [0.1, 0.15) is 0 Å². The standard InChI is InChI=1S/C22H15NO2/c24-21(15-8-2-1-3-9-15)23-22(25)20-18-12-6-4-10-16(18)14-17-11-5-7-13-19(17)20/h1-14H,(H,23,24,25). The van der Waals surface area contributed by atoms with E-state index in [4.69, 9.17) is 0 Å². The molecule has 120 valence electrons. The smallest absolute Gasteiger partial charge is 0.259 e. The maximum Gasteiger partial charge on any atom is 0.259 e. The lowest BCUT2D eigenvalue weighted by atomic mass is 9.96. The Hall–Kier alpha value is -3.46. The van der Waals surface area contributed by atoms with Crippen LogP contribution in [0.15, 0.2) is 84.9 Å². The minimum atomic E-state index is -0.400. The van der Waals surface area contributed by atoms with E-state index >= 15 is 0 Å². The van der Waals surface area contributed by atoms with Gasteiger partial charge < -0.3 is 0 Å². The van der Waals surface area contributed by atoms with Crippen molar-refractivity contribution in [1.29, 1.82) is 0 Å². The Morgan fingerprint density at radius 3 is 1.72 bits per heavy atom. The van der Waals surface area contributed by atoms with Crippen LogP contribution in [0.2, 0.25) is 0 Å². The van der Waals surface area contributed by atoms with E-state index in [0.717, 1.165) is 21.5 Å². The predicted octanol–water partition coefficient (Wildman–Crippen LogP) is 4.56. The summed E-state index contributed by atoms with van der Waals surface area (Å²) in [6.07, 6.45) is 0. The van der Waals surface area contributed by atoms with Gasteiger partial charge in [-0.15, -0.1) is 0 Å². The fraction of sp³-hybridized carbons (Fsp3) is 0. The maximum absolute atomic E-state index is 12.9. The van der Waals surface area contributed by atoms with E-state index in [1.807, 2.05) is 54.6 Å². The number of benzene rings is 4. The molecular weight excluding hydrogens is 310 g/mol. The molecule has 0 heterocycles. The van der Waals surface area contributed by atoms with Gasteiger partial charge in [0.15, 0.2) is 0 Å². The molecule has 0 aromatic heterocycles. The van der Waals surface area contributed by atoms with Crippen molar-refractivity contribution in [3.63, 3.8) is 0 Å². The van der Waals surface area contributed by atoms with Gasteiger partial charge >= 0.3 is 0 Å². The first kappa shape index (κ1) is 15.1. The Labute approximate surface area is 144 Å². The third-order valence-electron chi connectivity index (χ3n) is 4.26. The summed E-state index contributed by atoms with van der Waals surface area (Å²) in [4.78, 5) is 25.3. The first-order valence-corrected chi connectivity index (χ1v) is 8.05. The number of amides is 2. The molecule has 0 saturated carbocycles. The summed E-state index contributed by atoms with van der Waals surface area (Å²) in [7, 11) is 0. The van der Waals surface area contributed by atoms with E-state index in [2.05, 4.69) is 11.4 Å². The van der Waals surface area contributed by atoms with Gasteiger partial charge in [0.05, 0.1) is 5.56 Å². The van der Waals surface area contributed by atoms with Crippen molar-refractivity contribution in [2.45, 2.75) is 0 Å². The zero-order valence-electron chi connectivity index (χ0n) is 13.4. The number of imide groups is 1. The molecule has 0 aliphatic heterocycles. The summed E-state index contributed by atoms with van der Waals surface area (Å²) in [6.45, 7) is 0. The lowest BCUT2D eigenvalue weighted by molar-refractivity contribution is 0.0851. The van der Waals surface area contributed by atoms with Crippen molar-refractivity contribution in [2.75, 3.05) is 0 Å². The van der Waals surface area contributed by atoms with Gasteiger partial charge in [-0.2, -0.15) is 0 Å². The highest BCUT2D eigenvalue weighted by atomic mass is 16.2. The van der Waals surface area contributed by atoms with Crippen molar-refractivity contribution < 1.29 is 9.59 Å². The maximum atomic E-state index is 12.9. The Morgan fingerprint density at radius 1 is 0.600 bits per heavy atom. The van der Waals surface area contributed by atoms with E-state index < -0.39 is 5.91 Å². The van der Waals surface area contributed by atoms with Gasteiger partial charge in [-0.1, -0.05) is 66.7 Å². The molecule has 0 saturated heterocycles. The molecule has 4 aromatic rings. The van der Waals surface area contributed by atoms with Crippen LogP contribution in [-0.4, -0.2) is 11.8 Å². The monoisotopic (exact) mass is 325 g/mol. The Morgan fingerprint density at radius 2 is 1.12 bits per heavy atom. The topological polar surface area (TPSA) is 46.2 Å². The molecular formula is C22H15NO2. The molecule has 0 fully saturated rings. The number of carbonyl (C=O) groups is 2. The fourth-order valence-corrected chi connectivity index (χ4v) is 3.09. The summed E-state index contributed by atoms with van der Waals surface area (Å²) < 4.78 is 0. The lowest BCUT2D eigenvalue weighted by Crippen LogP contribution is -2.30. The van der Waals surface area contributed by atoms with Gasteiger partial charge in [-0.3, -0.25) is 14.9 Å². The molecule has 0 bridgehead atoms. The van der Waals surface area contributed by atoms with Crippen molar-refractivity contribution in [3.8, 4) is 0 Å². The summed E-state index contributed by atoms with van der Waals surface area (Å²) in [5.74, 6) is -0.788. The van der Waals surface area contributed by atoms with Crippen molar-refractivity contribution in [3.05, 3.63) is 96.1 Å². The highest BCUT2D eigenvalue weighted by molar-refractivity contribution is 6.22. The van der Waals surface area contributed by atoms with Crippen LogP contribution < -0.4 is 5.32 Å². The Kier molecular flexibility index (Phi) is 3.75. The molecule has 4 aromatic carbocycles. The van der Waals surface area contributed by atoms with E-state index in [1.54, 1.807) is 24.3 Å². The number of hydrogen-bond donors (Lipinski definition) is 1. The lowest BCUT2D eigenvalue weighted by Gasteiger charge is -2.11. The molecule has 0 atom stereocenters. The number of rotatable bonds is 2. The molecule has 2 amide bonds. The second-order valence-corrected chi connectivity index (χ2v) is 5.84. The number of nitrogens with one attached hydrogen (secondary N) is 1. The molecule has 0 aliphatic rings. The third-order valence-corrected chi connectivity index (χ3v) is 4.26. The zero-order chi connectivity index (χ0) is 17.2. The highest BCUT2D eigenvalue weighted by Gasteiger charge is 2.17. The average molecular weight is 325 g/mol. The Balaban J connectivity index is 1.84. The van der Waals surface area contributed by atoms with Crippen LogP contribution in [0.4, 0.5) is 0 Å². The van der Waals surface area contributed by atoms with Gasteiger partial charge in [0.25, 0.3) is 11.8 Å². The molecule has 0 aliphatic carbocycles. The second-order valence-electron chi connectivity index (χ2n) is 5.84. The molecule has 0 spiro atoms. The van der Waals surface area contributed by atoms with Crippen LogP contribution in [0, 0.1) is 0 Å². The average Bonchev–Trinajstić information content (AvgIpc) is 2.66. The summed E-state index contributed by atoms with van der Waals surface area (Å²) >= 11 is 0. The van der Waals surface area contributed by atoms with Crippen LogP contribution in [-0.2, 0) is 0 Å². The first-order valence-electron chi connectivity index (χ1n) is 8.05. The molecule has 0 radical (unpaired) electrons. The molecule has 3 heteroatoms. The van der Waals surface area contributed by atoms with Crippen LogP contribution in [0.25, 0.3) is 21.5 Å². The van der Waals surface area contributed by atoms with Crippen LogP contribution in [0.3, 0.4) is 0 Å². The Bertz CT molecular complexity index is 1050.